The highest BCUT2D eigenvalue weighted by molar-refractivity contribution is 7.80. The molecule has 0 saturated heterocycles. The summed E-state index contributed by atoms with van der Waals surface area (Å²) in [5.41, 5.74) is 2.51. The quantitative estimate of drug-likeness (QED) is 0.342. The highest BCUT2D eigenvalue weighted by atomic mass is 35.5. The number of halogens is 2. The number of anilines is 1. The summed E-state index contributed by atoms with van der Waals surface area (Å²) >= 11 is 19.2. The maximum absolute atomic E-state index is 12.7. The predicted octanol–water partition coefficient (Wildman–Crippen LogP) is 7.46. The van der Waals surface area contributed by atoms with Gasteiger partial charge < -0.3 is 9.73 Å². The number of amides is 1. The Bertz CT molecular complexity index is 1310. The van der Waals surface area contributed by atoms with E-state index >= 15 is 0 Å². The summed E-state index contributed by atoms with van der Waals surface area (Å²) in [7, 11) is 0. The van der Waals surface area contributed by atoms with E-state index in [2.05, 4.69) is 37.5 Å². The van der Waals surface area contributed by atoms with Crippen molar-refractivity contribution in [2.75, 3.05) is 5.32 Å². The first-order valence-electron chi connectivity index (χ1n) is 10.8. The molecule has 2 aromatic heterocycles. The van der Waals surface area contributed by atoms with E-state index in [-0.39, 0.29) is 16.3 Å². The minimum Gasteiger partial charge on any atom is -0.451 e. The zero-order valence-corrected chi connectivity index (χ0v) is 22.1. The lowest BCUT2D eigenvalue weighted by Gasteiger charge is -2.33. The molecule has 0 bridgehead atoms. The third-order valence-electron chi connectivity index (χ3n) is 6.10. The number of hydrogen-bond acceptors (Lipinski definition) is 5. The molecule has 0 spiro atoms. The highest BCUT2D eigenvalue weighted by Crippen LogP contribution is 2.44. The number of nitriles is 1. The first kappa shape index (κ1) is 24.7. The van der Waals surface area contributed by atoms with Gasteiger partial charge in [0.05, 0.1) is 15.6 Å². The summed E-state index contributed by atoms with van der Waals surface area (Å²) in [4.78, 5) is 13.9. The number of hydrogen-bond donors (Lipinski definition) is 2. The van der Waals surface area contributed by atoms with Crippen LogP contribution in [0.15, 0.2) is 34.7 Å². The normalized spacial score (nSPS) is 15.4. The fourth-order valence-electron chi connectivity index (χ4n) is 4.13. The number of furan rings is 1. The monoisotopic (exact) mass is 531 g/mol. The van der Waals surface area contributed by atoms with Gasteiger partial charge in [-0.15, -0.1) is 11.3 Å². The number of nitrogens with one attached hydrogen (secondary N) is 2. The van der Waals surface area contributed by atoms with Gasteiger partial charge in [0.2, 0.25) is 0 Å². The lowest BCUT2D eigenvalue weighted by atomic mass is 9.72. The van der Waals surface area contributed by atoms with Crippen LogP contribution in [0.4, 0.5) is 5.00 Å². The van der Waals surface area contributed by atoms with Gasteiger partial charge in [0.15, 0.2) is 10.9 Å². The molecule has 1 atom stereocenters. The standard InChI is InChI=1S/C25H23Cl2N3O2S2/c1-25(2,3)13-7-8-14-16(12-28)23(34-20(14)11-13)30-24(33)29-22(31)19-10-9-18(32-19)15-5-4-6-17(26)21(15)27/h4-6,9-10,13H,7-8,11H2,1-3H3,(H2,29,30,31,33)/t13-/m1/s1. The van der Waals surface area contributed by atoms with Gasteiger partial charge in [-0.3, -0.25) is 10.1 Å². The van der Waals surface area contributed by atoms with Crippen LogP contribution in [-0.4, -0.2) is 11.0 Å². The number of rotatable bonds is 3. The summed E-state index contributed by atoms with van der Waals surface area (Å²) in [6.45, 7) is 6.77. The second-order valence-electron chi connectivity index (χ2n) is 9.30. The number of fused-ring (bicyclic) bond motifs is 1. The van der Waals surface area contributed by atoms with Gasteiger partial charge in [-0.25, -0.2) is 0 Å². The Kier molecular flexibility index (Phi) is 7.07. The maximum Gasteiger partial charge on any atom is 0.293 e. The van der Waals surface area contributed by atoms with E-state index in [0.29, 0.717) is 37.9 Å². The van der Waals surface area contributed by atoms with Crippen LogP contribution in [0, 0.1) is 22.7 Å². The number of thiocarbonyl (C=S) groups is 1. The maximum atomic E-state index is 12.7. The Morgan fingerprint density at radius 3 is 2.74 bits per heavy atom. The second-order valence-corrected chi connectivity index (χ2v) is 11.6. The van der Waals surface area contributed by atoms with Gasteiger partial charge in [0.25, 0.3) is 5.91 Å². The van der Waals surface area contributed by atoms with E-state index in [1.807, 2.05) is 0 Å². The fourth-order valence-corrected chi connectivity index (χ4v) is 6.06. The summed E-state index contributed by atoms with van der Waals surface area (Å²) in [5, 5.41) is 16.9. The molecule has 5 nitrogen and oxygen atoms in total. The van der Waals surface area contributed by atoms with E-state index in [4.69, 9.17) is 39.8 Å². The molecule has 1 aromatic carbocycles. The Balaban J connectivity index is 1.46. The average Bonchev–Trinajstić information content (AvgIpc) is 3.39. The molecule has 2 N–H and O–H groups in total. The van der Waals surface area contributed by atoms with Crippen molar-refractivity contribution >= 4 is 62.8 Å². The lowest BCUT2D eigenvalue weighted by molar-refractivity contribution is 0.0951. The topological polar surface area (TPSA) is 78.1 Å². The average molecular weight is 533 g/mol. The molecule has 0 unspecified atom stereocenters. The Morgan fingerprint density at radius 1 is 1.26 bits per heavy atom. The van der Waals surface area contributed by atoms with Gasteiger partial charge in [-0.05, 0) is 72.6 Å². The molecule has 0 radical (unpaired) electrons. The van der Waals surface area contributed by atoms with Gasteiger partial charge >= 0.3 is 0 Å². The molecular formula is C25H23Cl2N3O2S2. The molecule has 3 aromatic rings. The summed E-state index contributed by atoms with van der Waals surface area (Å²) < 4.78 is 5.68. The van der Waals surface area contributed by atoms with E-state index < -0.39 is 5.91 Å². The van der Waals surface area contributed by atoms with Crippen molar-refractivity contribution in [3.8, 4) is 17.4 Å². The van der Waals surface area contributed by atoms with Crippen molar-refractivity contribution in [1.29, 1.82) is 5.26 Å². The van der Waals surface area contributed by atoms with Crippen LogP contribution in [0.2, 0.25) is 10.0 Å². The zero-order valence-electron chi connectivity index (χ0n) is 18.9. The molecule has 0 aliphatic heterocycles. The lowest BCUT2D eigenvalue weighted by Crippen LogP contribution is -2.33. The molecule has 34 heavy (non-hydrogen) atoms. The molecule has 1 aliphatic carbocycles. The van der Waals surface area contributed by atoms with Gasteiger partial charge in [-0.1, -0.05) is 50.0 Å². The van der Waals surface area contributed by atoms with Crippen molar-refractivity contribution in [3.63, 3.8) is 0 Å². The fraction of sp³-hybridized carbons (Fsp3) is 0.320. The highest BCUT2D eigenvalue weighted by Gasteiger charge is 2.32. The van der Waals surface area contributed by atoms with Crippen LogP contribution in [-0.2, 0) is 12.8 Å². The molecule has 9 heteroatoms. The first-order valence-corrected chi connectivity index (χ1v) is 12.8. The first-order chi connectivity index (χ1) is 16.1. The molecule has 4 rings (SSSR count). The van der Waals surface area contributed by atoms with Crippen LogP contribution in [0.1, 0.15) is 53.8 Å². The molecule has 1 aliphatic rings. The summed E-state index contributed by atoms with van der Waals surface area (Å²) in [6.07, 6.45) is 2.87. The molecule has 0 saturated carbocycles. The second kappa shape index (κ2) is 9.71. The van der Waals surface area contributed by atoms with Crippen molar-refractivity contribution < 1.29 is 9.21 Å². The van der Waals surface area contributed by atoms with Crippen LogP contribution in [0.5, 0.6) is 0 Å². The summed E-state index contributed by atoms with van der Waals surface area (Å²) in [6, 6.07) is 10.7. The van der Waals surface area contributed by atoms with Gasteiger partial charge in [0.1, 0.15) is 16.8 Å². The van der Waals surface area contributed by atoms with Crippen molar-refractivity contribution in [2.45, 2.75) is 40.0 Å². The summed E-state index contributed by atoms with van der Waals surface area (Å²) in [5.74, 6) is 0.553. The molecule has 176 valence electrons. The van der Waals surface area contributed by atoms with Crippen molar-refractivity contribution in [2.24, 2.45) is 11.3 Å². The Morgan fingerprint density at radius 2 is 2.03 bits per heavy atom. The number of carbonyl (C=O) groups excluding carboxylic acids is 1. The largest absolute Gasteiger partial charge is 0.451 e. The van der Waals surface area contributed by atoms with Crippen LogP contribution >= 0.6 is 46.8 Å². The predicted molar refractivity (Wildman–Crippen MR) is 142 cm³/mol. The number of nitrogens with zero attached hydrogens (tertiary/aromatic N) is 1. The number of thiophene rings is 1. The van der Waals surface area contributed by atoms with Crippen molar-refractivity contribution in [3.05, 3.63) is 62.1 Å². The van der Waals surface area contributed by atoms with Crippen LogP contribution < -0.4 is 10.6 Å². The van der Waals surface area contributed by atoms with Crippen molar-refractivity contribution in [1.82, 2.24) is 5.32 Å². The smallest absolute Gasteiger partial charge is 0.293 e. The van der Waals surface area contributed by atoms with E-state index in [1.54, 1.807) is 30.3 Å². The molecule has 0 fully saturated rings. The Hall–Kier alpha value is -2.37. The van der Waals surface area contributed by atoms with E-state index in [9.17, 15) is 10.1 Å². The number of carbonyl (C=O) groups is 1. The minimum atomic E-state index is -0.505. The van der Waals surface area contributed by atoms with Crippen LogP contribution in [0.25, 0.3) is 11.3 Å². The number of benzene rings is 1. The molecular weight excluding hydrogens is 509 g/mol. The minimum absolute atomic E-state index is 0.0780. The van der Waals surface area contributed by atoms with E-state index in [1.165, 1.54) is 16.2 Å². The Labute approximate surface area is 218 Å². The van der Waals surface area contributed by atoms with Crippen LogP contribution in [0.3, 0.4) is 0 Å². The van der Waals surface area contributed by atoms with Gasteiger partial charge in [-0.2, -0.15) is 5.26 Å². The zero-order chi connectivity index (χ0) is 24.6. The third kappa shape index (κ3) is 5.01. The molecule has 1 amide bonds. The third-order valence-corrected chi connectivity index (χ3v) is 8.30. The SMILES string of the molecule is CC(C)(C)[C@@H]1CCc2c(sc(NC(=S)NC(=O)c3ccc(-c4cccc(Cl)c4Cl)o3)c2C#N)C1. The van der Waals surface area contributed by atoms with Gasteiger partial charge in [0, 0.05) is 10.4 Å². The molecule has 2 heterocycles. The van der Waals surface area contributed by atoms with E-state index in [0.717, 1.165) is 24.8 Å².